The Kier molecular flexibility index (Phi) is 2.92. The highest BCUT2D eigenvalue weighted by atomic mass is 16.2. The summed E-state index contributed by atoms with van der Waals surface area (Å²) in [5.41, 5.74) is 0. The van der Waals surface area contributed by atoms with Gasteiger partial charge in [0, 0.05) is 39.1 Å². The van der Waals surface area contributed by atoms with E-state index in [0.717, 1.165) is 38.9 Å². The van der Waals surface area contributed by atoms with Crippen LogP contribution in [0.15, 0.2) is 0 Å². The lowest BCUT2D eigenvalue weighted by Crippen LogP contribution is -2.61. The minimum absolute atomic E-state index is 0.0280. The van der Waals surface area contributed by atoms with Crippen molar-refractivity contribution in [3.05, 3.63) is 0 Å². The lowest BCUT2D eigenvalue weighted by Gasteiger charge is -2.52. The molecule has 3 amide bonds. The van der Waals surface area contributed by atoms with Gasteiger partial charge in [-0.3, -0.25) is 4.79 Å². The van der Waals surface area contributed by atoms with Crippen LogP contribution in [0, 0.1) is 11.8 Å². The number of nitrogens with one attached hydrogen (secondary N) is 1. The monoisotopic (exact) mass is 251 g/mol. The maximum atomic E-state index is 12.0. The highest BCUT2D eigenvalue weighted by Gasteiger charge is 2.44. The molecule has 3 atom stereocenters. The third kappa shape index (κ3) is 1.85. The third-order valence-corrected chi connectivity index (χ3v) is 4.68. The molecule has 3 saturated heterocycles. The zero-order chi connectivity index (χ0) is 12.7. The largest absolute Gasteiger partial charge is 0.341 e. The van der Waals surface area contributed by atoms with E-state index in [1.807, 2.05) is 4.90 Å². The van der Waals surface area contributed by atoms with E-state index in [0.29, 0.717) is 23.8 Å². The molecule has 0 spiro atoms. The first-order valence-electron chi connectivity index (χ1n) is 6.95. The summed E-state index contributed by atoms with van der Waals surface area (Å²) < 4.78 is 0. The molecule has 3 rings (SSSR count). The van der Waals surface area contributed by atoms with Gasteiger partial charge >= 0.3 is 6.03 Å². The van der Waals surface area contributed by atoms with E-state index in [4.69, 9.17) is 0 Å². The minimum atomic E-state index is 0.0280. The molecule has 3 fully saturated rings. The number of likely N-dealkylation sites (tertiary alicyclic amines) is 1. The van der Waals surface area contributed by atoms with Gasteiger partial charge in [-0.1, -0.05) is 0 Å². The van der Waals surface area contributed by atoms with E-state index < -0.39 is 0 Å². The maximum Gasteiger partial charge on any atom is 0.317 e. The Labute approximate surface area is 107 Å². The molecule has 3 aliphatic heterocycles. The molecule has 2 bridgehead atoms. The molecule has 3 heterocycles. The van der Waals surface area contributed by atoms with E-state index in [9.17, 15) is 9.59 Å². The quantitative estimate of drug-likeness (QED) is 0.687. The Morgan fingerprint density at radius 3 is 2.94 bits per heavy atom. The molecule has 18 heavy (non-hydrogen) atoms. The molecule has 3 aliphatic rings. The van der Waals surface area contributed by atoms with Crippen molar-refractivity contribution in [3.8, 4) is 0 Å². The van der Waals surface area contributed by atoms with Gasteiger partial charge in [-0.2, -0.15) is 0 Å². The van der Waals surface area contributed by atoms with Gasteiger partial charge in [0.25, 0.3) is 0 Å². The fourth-order valence-corrected chi connectivity index (χ4v) is 3.93. The van der Waals surface area contributed by atoms with Crippen LogP contribution in [0.4, 0.5) is 4.79 Å². The fraction of sp³-hybridized carbons (Fsp3) is 0.846. The molecular weight excluding hydrogens is 230 g/mol. The first kappa shape index (κ1) is 11.8. The summed E-state index contributed by atoms with van der Waals surface area (Å²) >= 11 is 0. The number of hydrogen-bond donors (Lipinski definition) is 1. The van der Waals surface area contributed by atoms with Gasteiger partial charge in [-0.05, 0) is 31.1 Å². The standard InChI is InChI=1S/C13H21N3O2/c1-14-13(18)15-6-9-5-10(8-15)11-3-2-4-12(17)16(11)7-9/h9-11H,2-8H2,1H3,(H,14,18)/t9-,10-,11-/m1/s1. The molecule has 5 heteroatoms. The van der Waals surface area contributed by atoms with Gasteiger partial charge in [0.15, 0.2) is 0 Å². The fourth-order valence-electron chi connectivity index (χ4n) is 3.93. The van der Waals surface area contributed by atoms with Gasteiger partial charge in [-0.15, -0.1) is 0 Å². The first-order chi connectivity index (χ1) is 8.69. The van der Waals surface area contributed by atoms with E-state index in [1.54, 1.807) is 7.05 Å². The average Bonchev–Trinajstić information content (AvgIpc) is 2.39. The van der Waals surface area contributed by atoms with Gasteiger partial charge in [0.2, 0.25) is 5.91 Å². The van der Waals surface area contributed by atoms with Crippen molar-refractivity contribution < 1.29 is 9.59 Å². The Hall–Kier alpha value is -1.26. The Bertz CT molecular complexity index is 371. The van der Waals surface area contributed by atoms with Gasteiger partial charge in [0.1, 0.15) is 0 Å². The van der Waals surface area contributed by atoms with Crippen LogP contribution in [-0.4, -0.2) is 54.5 Å². The lowest BCUT2D eigenvalue weighted by atomic mass is 9.76. The number of amides is 3. The molecule has 0 aliphatic carbocycles. The first-order valence-corrected chi connectivity index (χ1v) is 6.95. The number of rotatable bonds is 0. The Balaban J connectivity index is 1.76. The molecule has 5 nitrogen and oxygen atoms in total. The van der Waals surface area contributed by atoms with Crippen LogP contribution in [-0.2, 0) is 4.79 Å². The number of carbonyl (C=O) groups is 2. The zero-order valence-corrected chi connectivity index (χ0v) is 10.9. The summed E-state index contributed by atoms with van der Waals surface area (Å²) in [5, 5.41) is 2.71. The molecule has 100 valence electrons. The third-order valence-electron chi connectivity index (χ3n) is 4.68. The summed E-state index contributed by atoms with van der Waals surface area (Å²) in [6.07, 6.45) is 4.03. The van der Waals surface area contributed by atoms with Crippen molar-refractivity contribution in [2.24, 2.45) is 11.8 Å². The molecule has 0 saturated carbocycles. The average molecular weight is 251 g/mol. The van der Waals surface area contributed by atoms with E-state index in [-0.39, 0.29) is 6.03 Å². The van der Waals surface area contributed by atoms with Gasteiger partial charge < -0.3 is 15.1 Å². The van der Waals surface area contributed by atoms with Crippen LogP contribution < -0.4 is 5.32 Å². The zero-order valence-electron chi connectivity index (χ0n) is 10.9. The molecule has 0 radical (unpaired) electrons. The minimum Gasteiger partial charge on any atom is -0.341 e. The summed E-state index contributed by atoms with van der Waals surface area (Å²) in [5.74, 6) is 1.28. The number of urea groups is 1. The molecular formula is C13H21N3O2. The van der Waals surface area contributed by atoms with Crippen LogP contribution >= 0.6 is 0 Å². The molecule has 0 aromatic rings. The maximum absolute atomic E-state index is 12.0. The van der Waals surface area contributed by atoms with Crippen molar-refractivity contribution in [1.82, 2.24) is 15.1 Å². The molecule has 0 aromatic carbocycles. The Morgan fingerprint density at radius 2 is 2.17 bits per heavy atom. The Morgan fingerprint density at radius 1 is 1.33 bits per heavy atom. The molecule has 1 N–H and O–H groups in total. The number of carbonyl (C=O) groups excluding carboxylic acids is 2. The molecule has 0 aromatic heterocycles. The van der Waals surface area contributed by atoms with Crippen molar-refractivity contribution >= 4 is 11.9 Å². The van der Waals surface area contributed by atoms with Crippen molar-refractivity contribution in [1.29, 1.82) is 0 Å². The van der Waals surface area contributed by atoms with E-state index in [2.05, 4.69) is 10.2 Å². The second kappa shape index (κ2) is 4.44. The van der Waals surface area contributed by atoms with Crippen LogP contribution in [0.25, 0.3) is 0 Å². The van der Waals surface area contributed by atoms with Crippen molar-refractivity contribution in [2.75, 3.05) is 26.7 Å². The van der Waals surface area contributed by atoms with Crippen LogP contribution in [0.2, 0.25) is 0 Å². The number of nitrogens with zero attached hydrogens (tertiary/aromatic N) is 2. The van der Waals surface area contributed by atoms with Crippen molar-refractivity contribution in [3.63, 3.8) is 0 Å². The number of fused-ring (bicyclic) bond motifs is 4. The highest BCUT2D eigenvalue weighted by Crippen LogP contribution is 2.37. The van der Waals surface area contributed by atoms with E-state index in [1.165, 1.54) is 6.42 Å². The van der Waals surface area contributed by atoms with E-state index >= 15 is 0 Å². The summed E-state index contributed by atoms with van der Waals surface area (Å²) in [4.78, 5) is 27.7. The second-order valence-electron chi connectivity index (χ2n) is 5.83. The molecule has 0 unspecified atom stereocenters. The topological polar surface area (TPSA) is 52.7 Å². The summed E-state index contributed by atoms with van der Waals surface area (Å²) in [7, 11) is 1.68. The van der Waals surface area contributed by atoms with Crippen LogP contribution in [0.1, 0.15) is 25.7 Å². The number of piperidine rings is 3. The highest BCUT2D eigenvalue weighted by molar-refractivity contribution is 5.78. The predicted octanol–water partition coefficient (Wildman–Crippen LogP) is 0.659. The summed E-state index contributed by atoms with van der Waals surface area (Å²) in [6.45, 7) is 2.46. The normalized spacial score (nSPS) is 35.2. The van der Waals surface area contributed by atoms with Crippen LogP contribution in [0.3, 0.4) is 0 Å². The second-order valence-corrected chi connectivity index (χ2v) is 5.83. The predicted molar refractivity (Wildman–Crippen MR) is 67.0 cm³/mol. The lowest BCUT2D eigenvalue weighted by molar-refractivity contribution is -0.144. The van der Waals surface area contributed by atoms with Gasteiger partial charge in [-0.25, -0.2) is 4.79 Å². The number of hydrogen-bond acceptors (Lipinski definition) is 2. The van der Waals surface area contributed by atoms with Gasteiger partial charge in [0.05, 0.1) is 0 Å². The smallest absolute Gasteiger partial charge is 0.317 e. The van der Waals surface area contributed by atoms with Crippen LogP contribution in [0.5, 0.6) is 0 Å². The SMILES string of the molecule is CNC(=O)N1C[C@H]2C[C@H](C1)[C@H]1CCCC(=O)N1C2. The summed E-state index contributed by atoms with van der Waals surface area (Å²) in [6, 6.07) is 0.412. The van der Waals surface area contributed by atoms with Crippen molar-refractivity contribution in [2.45, 2.75) is 31.7 Å².